The highest BCUT2D eigenvalue weighted by Crippen LogP contribution is 2.29. The van der Waals surface area contributed by atoms with Gasteiger partial charge in [-0.3, -0.25) is 4.79 Å². The number of carbonyl (C=O) groups is 1. The van der Waals surface area contributed by atoms with Crippen molar-refractivity contribution in [2.24, 2.45) is 0 Å². The SMILES string of the molecule is Cc1cc(Cl)c(-n2c(SCC(=O)O)n[nH]c2=O)cc1Cl. The Hall–Kier alpha value is -1.44. The summed E-state index contributed by atoms with van der Waals surface area (Å²) in [5.41, 5.74) is 0.616. The highest BCUT2D eigenvalue weighted by atomic mass is 35.5. The minimum Gasteiger partial charge on any atom is -0.481 e. The van der Waals surface area contributed by atoms with Gasteiger partial charge in [0, 0.05) is 5.02 Å². The molecule has 2 N–H and O–H groups in total. The van der Waals surface area contributed by atoms with Gasteiger partial charge in [0.15, 0.2) is 5.16 Å². The summed E-state index contributed by atoms with van der Waals surface area (Å²) >= 11 is 13.1. The van der Waals surface area contributed by atoms with Crippen molar-refractivity contribution in [3.05, 3.63) is 38.2 Å². The number of rotatable bonds is 4. The predicted molar refractivity (Wildman–Crippen MR) is 77.3 cm³/mol. The molecule has 1 aromatic heterocycles. The van der Waals surface area contributed by atoms with E-state index in [4.69, 9.17) is 28.3 Å². The second-order valence-electron chi connectivity index (χ2n) is 3.88. The fraction of sp³-hybridized carbons (Fsp3) is 0.182. The van der Waals surface area contributed by atoms with Gasteiger partial charge in [-0.2, -0.15) is 0 Å². The molecule has 106 valence electrons. The van der Waals surface area contributed by atoms with E-state index in [9.17, 15) is 9.59 Å². The summed E-state index contributed by atoms with van der Waals surface area (Å²) in [5, 5.41) is 15.7. The van der Waals surface area contributed by atoms with Gasteiger partial charge < -0.3 is 5.11 Å². The molecule has 0 fully saturated rings. The molecule has 20 heavy (non-hydrogen) atoms. The smallest absolute Gasteiger partial charge is 0.348 e. The fourth-order valence-corrected chi connectivity index (χ4v) is 2.66. The summed E-state index contributed by atoms with van der Waals surface area (Å²) in [6.45, 7) is 1.79. The van der Waals surface area contributed by atoms with Gasteiger partial charge in [-0.15, -0.1) is 5.10 Å². The standard InChI is InChI=1S/C11H9Cl2N3O3S/c1-5-2-7(13)8(3-6(5)12)16-10(19)14-15-11(16)20-4-9(17)18/h2-3H,4H2,1H3,(H,14,19)(H,17,18). The van der Waals surface area contributed by atoms with E-state index in [0.717, 1.165) is 17.3 Å². The molecule has 0 unspecified atom stereocenters. The first-order chi connectivity index (χ1) is 9.40. The third-order valence-electron chi connectivity index (χ3n) is 2.44. The maximum atomic E-state index is 11.8. The molecule has 6 nitrogen and oxygen atoms in total. The molecule has 1 aromatic carbocycles. The zero-order valence-electron chi connectivity index (χ0n) is 10.2. The number of aryl methyl sites for hydroxylation is 1. The zero-order chi connectivity index (χ0) is 14.9. The minimum absolute atomic E-state index is 0.208. The Labute approximate surface area is 127 Å². The van der Waals surface area contributed by atoms with Crippen LogP contribution in [0.25, 0.3) is 5.69 Å². The number of halogens is 2. The van der Waals surface area contributed by atoms with E-state index in [0.29, 0.717) is 15.7 Å². The number of aliphatic carboxylic acids is 1. The molecule has 2 aromatic rings. The van der Waals surface area contributed by atoms with Crippen LogP contribution in [0.1, 0.15) is 5.56 Å². The third kappa shape index (κ3) is 3.00. The van der Waals surface area contributed by atoms with E-state index in [1.165, 1.54) is 4.57 Å². The number of aromatic amines is 1. The van der Waals surface area contributed by atoms with Crippen molar-refractivity contribution in [1.29, 1.82) is 0 Å². The summed E-state index contributed by atoms with van der Waals surface area (Å²) < 4.78 is 1.20. The van der Waals surface area contributed by atoms with Crippen LogP contribution in [0.2, 0.25) is 10.0 Å². The molecule has 9 heteroatoms. The average Bonchev–Trinajstić information content (AvgIpc) is 2.73. The number of hydrogen-bond donors (Lipinski definition) is 2. The van der Waals surface area contributed by atoms with Gasteiger partial charge in [0.25, 0.3) is 0 Å². The van der Waals surface area contributed by atoms with Crippen LogP contribution in [-0.2, 0) is 4.79 Å². The third-order valence-corrected chi connectivity index (χ3v) is 4.07. The van der Waals surface area contributed by atoms with E-state index in [1.54, 1.807) is 19.1 Å². The number of nitrogens with zero attached hydrogens (tertiary/aromatic N) is 2. The number of H-pyrrole nitrogens is 1. The Morgan fingerprint density at radius 1 is 1.45 bits per heavy atom. The summed E-state index contributed by atoms with van der Waals surface area (Å²) in [5.74, 6) is -1.23. The highest BCUT2D eigenvalue weighted by molar-refractivity contribution is 7.99. The molecule has 0 spiro atoms. The van der Waals surface area contributed by atoms with Crippen molar-refractivity contribution in [3.63, 3.8) is 0 Å². The van der Waals surface area contributed by atoms with Gasteiger partial charge in [0.2, 0.25) is 0 Å². The Bertz CT molecular complexity index is 726. The summed E-state index contributed by atoms with van der Waals surface area (Å²) in [7, 11) is 0. The van der Waals surface area contributed by atoms with E-state index in [2.05, 4.69) is 10.2 Å². The Balaban J connectivity index is 2.52. The fourth-order valence-electron chi connectivity index (χ4n) is 1.53. The van der Waals surface area contributed by atoms with E-state index in [1.807, 2.05) is 0 Å². The quantitative estimate of drug-likeness (QED) is 0.838. The number of nitrogens with one attached hydrogen (secondary N) is 1. The van der Waals surface area contributed by atoms with Crippen molar-refractivity contribution in [3.8, 4) is 5.69 Å². The van der Waals surface area contributed by atoms with Gasteiger partial charge in [0.05, 0.1) is 16.5 Å². The number of benzene rings is 1. The second kappa shape index (κ2) is 5.90. The lowest BCUT2D eigenvalue weighted by molar-refractivity contribution is -0.133. The lowest BCUT2D eigenvalue weighted by Gasteiger charge is -2.09. The van der Waals surface area contributed by atoms with Crippen LogP contribution in [0.4, 0.5) is 0 Å². The van der Waals surface area contributed by atoms with Crippen LogP contribution in [0.5, 0.6) is 0 Å². The molecule has 0 saturated carbocycles. The van der Waals surface area contributed by atoms with E-state index >= 15 is 0 Å². The number of thioether (sulfide) groups is 1. The molecule has 0 aliphatic rings. The summed E-state index contributed by atoms with van der Waals surface area (Å²) in [4.78, 5) is 22.4. The number of hydrogen-bond acceptors (Lipinski definition) is 4. The zero-order valence-corrected chi connectivity index (χ0v) is 12.5. The molecule has 0 atom stereocenters. The maximum absolute atomic E-state index is 11.8. The molecule has 0 aliphatic carbocycles. The van der Waals surface area contributed by atoms with Gasteiger partial charge in [-0.25, -0.2) is 14.5 Å². The Kier molecular flexibility index (Phi) is 4.42. The van der Waals surface area contributed by atoms with Crippen molar-refractivity contribution in [2.45, 2.75) is 12.1 Å². The van der Waals surface area contributed by atoms with Gasteiger partial charge in [-0.05, 0) is 24.6 Å². The van der Waals surface area contributed by atoms with Crippen molar-refractivity contribution in [2.75, 3.05) is 5.75 Å². The monoisotopic (exact) mass is 333 g/mol. The predicted octanol–water partition coefficient (Wildman–Crippen LogP) is 2.35. The number of carboxylic acid groups (broad SMARTS) is 1. The maximum Gasteiger partial charge on any atom is 0.348 e. The van der Waals surface area contributed by atoms with Crippen molar-refractivity contribution < 1.29 is 9.90 Å². The molecule has 0 saturated heterocycles. The minimum atomic E-state index is -1.01. The molecule has 0 amide bonds. The first-order valence-corrected chi connectivity index (χ1v) is 7.12. The first kappa shape index (κ1) is 15.0. The van der Waals surface area contributed by atoms with Gasteiger partial charge >= 0.3 is 11.7 Å². The molecule has 0 bridgehead atoms. The Morgan fingerprint density at radius 3 is 2.80 bits per heavy atom. The number of carboxylic acids is 1. The van der Waals surface area contributed by atoms with Crippen LogP contribution in [0.15, 0.2) is 22.1 Å². The second-order valence-corrected chi connectivity index (χ2v) is 5.64. The van der Waals surface area contributed by atoms with Crippen molar-refractivity contribution in [1.82, 2.24) is 14.8 Å². The van der Waals surface area contributed by atoms with Gasteiger partial charge in [0.1, 0.15) is 0 Å². The van der Waals surface area contributed by atoms with E-state index in [-0.39, 0.29) is 10.9 Å². The molecular weight excluding hydrogens is 325 g/mol. The van der Waals surface area contributed by atoms with Crippen LogP contribution in [0.3, 0.4) is 0 Å². The first-order valence-electron chi connectivity index (χ1n) is 5.38. The largest absolute Gasteiger partial charge is 0.481 e. The van der Waals surface area contributed by atoms with Crippen LogP contribution in [0, 0.1) is 6.92 Å². The Morgan fingerprint density at radius 2 is 2.15 bits per heavy atom. The van der Waals surface area contributed by atoms with Crippen LogP contribution < -0.4 is 5.69 Å². The van der Waals surface area contributed by atoms with E-state index < -0.39 is 11.7 Å². The number of aromatic nitrogens is 3. The lowest BCUT2D eigenvalue weighted by atomic mass is 10.2. The molecule has 0 aliphatic heterocycles. The normalized spacial score (nSPS) is 10.8. The van der Waals surface area contributed by atoms with Gasteiger partial charge in [-0.1, -0.05) is 35.0 Å². The van der Waals surface area contributed by atoms with Crippen LogP contribution >= 0.6 is 35.0 Å². The lowest BCUT2D eigenvalue weighted by Crippen LogP contribution is -2.16. The highest BCUT2D eigenvalue weighted by Gasteiger charge is 2.16. The van der Waals surface area contributed by atoms with Crippen LogP contribution in [-0.4, -0.2) is 31.6 Å². The molecule has 1 heterocycles. The average molecular weight is 334 g/mol. The molecule has 0 radical (unpaired) electrons. The summed E-state index contributed by atoms with van der Waals surface area (Å²) in [6.07, 6.45) is 0. The molecule has 2 rings (SSSR count). The summed E-state index contributed by atoms with van der Waals surface area (Å²) in [6, 6.07) is 3.17. The molecular formula is C11H9Cl2N3O3S. The topological polar surface area (TPSA) is 88.0 Å². The van der Waals surface area contributed by atoms with Crippen molar-refractivity contribution >= 4 is 40.9 Å².